The van der Waals surface area contributed by atoms with Gasteiger partial charge in [0.25, 0.3) is 0 Å². The summed E-state index contributed by atoms with van der Waals surface area (Å²) in [7, 11) is 0. The molecule has 0 heterocycles. The monoisotopic (exact) mass is 234 g/mol. The van der Waals surface area contributed by atoms with Crippen LogP contribution in [0.15, 0.2) is 36.4 Å². The molecule has 3 N–H and O–H groups in total. The molecule has 4 heteroatoms. The van der Waals surface area contributed by atoms with Crippen LogP contribution in [-0.4, -0.2) is 0 Å². The lowest BCUT2D eigenvalue weighted by atomic mass is 10.2. The fourth-order valence-corrected chi connectivity index (χ4v) is 1.56. The third-order valence-electron chi connectivity index (χ3n) is 2.32. The van der Waals surface area contributed by atoms with E-state index in [4.69, 9.17) is 5.73 Å². The molecule has 2 rings (SSSR count). The van der Waals surface area contributed by atoms with Crippen molar-refractivity contribution in [1.29, 1.82) is 0 Å². The minimum Gasteiger partial charge on any atom is -0.399 e. The highest BCUT2D eigenvalue weighted by Crippen LogP contribution is 2.23. The number of nitrogens with one attached hydrogen (secondary N) is 1. The number of rotatable bonds is 2. The minimum atomic E-state index is -0.458. The van der Waals surface area contributed by atoms with E-state index in [-0.39, 0.29) is 5.82 Å². The highest BCUT2D eigenvalue weighted by molar-refractivity contribution is 5.64. The van der Waals surface area contributed by atoms with Gasteiger partial charge in [0.15, 0.2) is 0 Å². The Bertz CT molecular complexity index is 533. The smallest absolute Gasteiger partial charge is 0.146 e. The zero-order chi connectivity index (χ0) is 12.4. The van der Waals surface area contributed by atoms with Gasteiger partial charge in [0.2, 0.25) is 0 Å². The molecule has 0 radical (unpaired) electrons. The number of nitrogen functional groups attached to an aromatic ring is 1. The van der Waals surface area contributed by atoms with Crippen molar-refractivity contribution in [1.82, 2.24) is 0 Å². The van der Waals surface area contributed by atoms with Gasteiger partial charge in [0.05, 0.1) is 5.69 Å². The van der Waals surface area contributed by atoms with E-state index in [2.05, 4.69) is 5.32 Å². The number of hydrogen-bond acceptors (Lipinski definition) is 2. The minimum absolute atomic E-state index is 0.292. The molecule has 0 aliphatic carbocycles. The second kappa shape index (κ2) is 4.41. The van der Waals surface area contributed by atoms with Crippen molar-refractivity contribution in [3.8, 4) is 0 Å². The van der Waals surface area contributed by atoms with Gasteiger partial charge in [-0.05, 0) is 42.8 Å². The number of halogens is 2. The molecule has 0 bridgehead atoms. The average molecular weight is 234 g/mol. The van der Waals surface area contributed by atoms with Crippen LogP contribution in [0.2, 0.25) is 0 Å². The van der Waals surface area contributed by atoms with E-state index in [0.717, 1.165) is 5.56 Å². The molecule has 2 nitrogen and oxygen atoms in total. The largest absolute Gasteiger partial charge is 0.399 e. The molecule has 0 fully saturated rings. The van der Waals surface area contributed by atoms with E-state index < -0.39 is 5.82 Å². The van der Waals surface area contributed by atoms with Crippen molar-refractivity contribution >= 4 is 17.1 Å². The van der Waals surface area contributed by atoms with Crippen molar-refractivity contribution in [2.45, 2.75) is 6.92 Å². The summed E-state index contributed by atoms with van der Waals surface area (Å²) in [5.41, 5.74) is 7.33. The third kappa shape index (κ3) is 2.72. The topological polar surface area (TPSA) is 38.0 Å². The van der Waals surface area contributed by atoms with Crippen LogP contribution in [-0.2, 0) is 0 Å². The molecule has 0 aromatic heterocycles. The molecule has 0 saturated carbocycles. The van der Waals surface area contributed by atoms with Gasteiger partial charge in [-0.2, -0.15) is 0 Å². The normalized spacial score (nSPS) is 10.3. The van der Waals surface area contributed by atoms with Crippen molar-refractivity contribution in [2.75, 3.05) is 11.1 Å². The molecule has 2 aromatic rings. The number of hydrogen-bond donors (Lipinski definition) is 2. The van der Waals surface area contributed by atoms with Gasteiger partial charge < -0.3 is 11.1 Å². The standard InChI is InChI=1S/C13H12F2N2/c1-8-2-3-13(12(15)4-8)17-11-6-9(14)5-10(16)7-11/h2-7,17H,16H2,1H3. The summed E-state index contributed by atoms with van der Waals surface area (Å²) >= 11 is 0. The Labute approximate surface area is 98.1 Å². The Balaban J connectivity index is 2.31. The molecular weight excluding hydrogens is 222 g/mol. The molecular formula is C13H12F2N2. The molecule has 0 atom stereocenters. The summed E-state index contributed by atoms with van der Waals surface area (Å²) in [5.74, 6) is -0.840. The van der Waals surface area contributed by atoms with Crippen molar-refractivity contribution in [3.63, 3.8) is 0 Å². The number of anilines is 3. The molecule has 0 aliphatic heterocycles. The van der Waals surface area contributed by atoms with Gasteiger partial charge in [0.1, 0.15) is 11.6 Å². The van der Waals surface area contributed by atoms with Crippen LogP contribution in [0.4, 0.5) is 25.8 Å². The Morgan fingerprint density at radius 1 is 1.06 bits per heavy atom. The van der Waals surface area contributed by atoms with Crippen molar-refractivity contribution in [2.24, 2.45) is 0 Å². The summed E-state index contributed by atoms with van der Waals surface area (Å²) in [6.45, 7) is 1.80. The first-order valence-corrected chi connectivity index (χ1v) is 5.14. The van der Waals surface area contributed by atoms with Crippen LogP contribution in [0.1, 0.15) is 5.56 Å². The maximum absolute atomic E-state index is 13.5. The number of aryl methyl sites for hydroxylation is 1. The van der Waals surface area contributed by atoms with Crippen molar-refractivity contribution < 1.29 is 8.78 Å². The zero-order valence-corrected chi connectivity index (χ0v) is 9.30. The van der Waals surface area contributed by atoms with E-state index in [1.165, 1.54) is 18.2 Å². The zero-order valence-electron chi connectivity index (χ0n) is 9.30. The molecule has 2 aromatic carbocycles. The van der Waals surface area contributed by atoms with Gasteiger partial charge in [-0.25, -0.2) is 8.78 Å². The van der Waals surface area contributed by atoms with Crippen molar-refractivity contribution in [3.05, 3.63) is 53.6 Å². The summed E-state index contributed by atoms with van der Waals surface area (Å²) in [5, 5.41) is 2.79. The Morgan fingerprint density at radius 2 is 1.82 bits per heavy atom. The second-order valence-electron chi connectivity index (χ2n) is 3.88. The predicted octanol–water partition coefficient (Wildman–Crippen LogP) is 3.60. The lowest BCUT2D eigenvalue weighted by Gasteiger charge is -2.09. The quantitative estimate of drug-likeness (QED) is 0.779. The van der Waals surface area contributed by atoms with E-state index in [1.807, 2.05) is 0 Å². The lowest BCUT2D eigenvalue weighted by molar-refractivity contribution is 0.627. The van der Waals surface area contributed by atoms with E-state index >= 15 is 0 Å². The average Bonchev–Trinajstić information content (AvgIpc) is 2.21. The molecule has 0 amide bonds. The first kappa shape index (κ1) is 11.4. The van der Waals surface area contributed by atoms with Crippen LogP contribution < -0.4 is 11.1 Å². The van der Waals surface area contributed by atoms with Gasteiger partial charge in [0, 0.05) is 11.4 Å². The maximum Gasteiger partial charge on any atom is 0.146 e. The van der Waals surface area contributed by atoms with Crippen LogP contribution in [0.25, 0.3) is 0 Å². The predicted molar refractivity (Wildman–Crippen MR) is 65.2 cm³/mol. The van der Waals surface area contributed by atoms with Crippen LogP contribution in [0, 0.1) is 18.6 Å². The lowest BCUT2D eigenvalue weighted by Crippen LogP contribution is -1.96. The van der Waals surface area contributed by atoms with Gasteiger partial charge in [-0.15, -0.1) is 0 Å². The summed E-state index contributed by atoms with van der Waals surface area (Å²) < 4.78 is 26.6. The summed E-state index contributed by atoms with van der Waals surface area (Å²) in [6, 6.07) is 8.79. The fraction of sp³-hybridized carbons (Fsp3) is 0.0769. The molecule has 0 aliphatic rings. The van der Waals surface area contributed by atoms with Gasteiger partial charge >= 0.3 is 0 Å². The molecule has 88 valence electrons. The van der Waals surface area contributed by atoms with Crippen LogP contribution in [0.5, 0.6) is 0 Å². The first-order chi connectivity index (χ1) is 8.04. The highest BCUT2D eigenvalue weighted by Gasteiger charge is 2.04. The van der Waals surface area contributed by atoms with E-state index in [0.29, 0.717) is 17.1 Å². The Hall–Kier alpha value is -2.10. The maximum atomic E-state index is 13.5. The molecule has 0 saturated heterocycles. The molecule has 0 spiro atoms. The third-order valence-corrected chi connectivity index (χ3v) is 2.32. The molecule has 0 unspecified atom stereocenters. The Kier molecular flexibility index (Phi) is 2.95. The highest BCUT2D eigenvalue weighted by atomic mass is 19.1. The van der Waals surface area contributed by atoms with Crippen LogP contribution in [0.3, 0.4) is 0 Å². The fourth-order valence-electron chi connectivity index (χ4n) is 1.56. The van der Waals surface area contributed by atoms with Gasteiger partial charge in [-0.1, -0.05) is 6.07 Å². The molecule has 17 heavy (non-hydrogen) atoms. The second-order valence-corrected chi connectivity index (χ2v) is 3.88. The first-order valence-electron chi connectivity index (χ1n) is 5.14. The number of nitrogens with two attached hydrogens (primary N) is 1. The van der Waals surface area contributed by atoms with E-state index in [1.54, 1.807) is 25.1 Å². The van der Waals surface area contributed by atoms with E-state index in [9.17, 15) is 8.78 Å². The number of benzene rings is 2. The summed E-state index contributed by atoms with van der Waals surface area (Å²) in [4.78, 5) is 0. The Morgan fingerprint density at radius 3 is 2.47 bits per heavy atom. The summed E-state index contributed by atoms with van der Waals surface area (Å²) in [6.07, 6.45) is 0. The SMILES string of the molecule is Cc1ccc(Nc2cc(N)cc(F)c2)c(F)c1. The van der Waals surface area contributed by atoms with Crippen LogP contribution >= 0.6 is 0 Å². The van der Waals surface area contributed by atoms with Gasteiger partial charge in [-0.3, -0.25) is 0 Å².